The highest BCUT2D eigenvalue weighted by Gasteiger charge is 2.26. The first-order valence-corrected chi connectivity index (χ1v) is 3.02. The number of carboxylic acids is 1. The highest BCUT2D eigenvalue weighted by molar-refractivity contribution is 5.73. The van der Waals surface area contributed by atoms with Crippen molar-refractivity contribution in [1.82, 2.24) is 0 Å². The molecule has 4 heteroatoms. The first kappa shape index (κ1) is 9.39. The second-order valence-corrected chi connectivity index (χ2v) is 2.70. The van der Waals surface area contributed by atoms with Gasteiger partial charge in [0.15, 0.2) is 0 Å². The summed E-state index contributed by atoms with van der Waals surface area (Å²) in [5.41, 5.74) is 4.19. The molecule has 4 nitrogen and oxygen atoms in total. The summed E-state index contributed by atoms with van der Waals surface area (Å²) in [7, 11) is 0. The van der Waals surface area contributed by atoms with Gasteiger partial charge in [0.1, 0.15) is 0 Å². The molecule has 0 spiro atoms. The quantitative estimate of drug-likeness (QED) is 0.550. The molecule has 0 aromatic rings. The predicted molar refractivity (Wildman–Crippen MR) is 36.4 cm³/mol. The molecule has 0 aliphatic rings. The molecule has 0 aromatic carbocycles. The lowest BCUT2D eigenvalue weighted by Crippen LogP contribution is -2.30. The standard InChI is InChI=1S/C6H13NO3/c1-6(2,5(8)9)3-10-4-7/h3-4,7H2,1-2H3,(H,8,9). The topological polar surface area (TPSA) is 72.5 Å². The second kappa shape index (κ2) is 3.53. The van der Waals surface area contributed by atoms with Crippen molar-refractivity contribution in [2.24, 2.45) is 11.1 Å². The number of carbonyl (C=O) groups is 1. The summed E-state index contributed by atoms with van der Waals surface area (Å²) < 4.78 is 4.76. The molecular formula is C6H13NO3. The van der Waals surface area contributed by atoms with Gasteiger partial charge >= 0.3 is 5.97 Å². The zero-order valence-corrected chi connectivity index (χ0v) is 6.26. The summed E-state index contributed by atoms with van der Waals surface area (Å²) in [5.74, 6) is -0.874. The maximum Gasteiger partial charge on any atom is 0.311 e. The van der Waals surface area contributed by atoms with E-state index in [0.717, 1.165) is 0 Å². The first-order chi connectivity index (χ1) is 4.50. The SMILES string of the molecule is CC(C)(COCN)C(=O)O. The molecule has 0 radical (unpaired) electrons. The van der Waals surface area contributed by atoms with Crippen LogP contribution in [0.4, 0.5) is 0 Å². The maximum absolute atomic E-state index is 10.4. The van der Waals surface area contributed by atoms with Gasteiger partial charge in [0.2, 0.25) is 0 Å². The Hall–Kier alpha value is -0.610. The number of nitrogens with two attached hydrogens (primary N) is 1. The van der Waals surface area contributed by atoms with Gasteiger partial charge in [-0.2, -0.15) is 0 Å². The maximum atomic E-state index is 10.4. The van der Waals surface area contributed by atoms with Gasteiger partial charge in [-0.3, -0.25) is 4.79 Å². The Labute approximate surface area is 60.0 Å². The molecule has 0 amide bonds. The normalized spacial score (nSPS) is 11.5. The summed E-state index contributed by atoms with van der Waals surface area (Å²) in [4.78, 5) is 10.4. The van der Waals surface area contributed by atoms with E-state index in [2.05, 4.69) is 0 Å². The predicted octanol–water partition coefficient (Wildman–Crippen LogP) is 0.0300. The molecule has 10 heavy (non-hydrogen) atoms. The van der Waals surface area contributed by atoms with Gasteiger partial charge < -0.3 is 15.6 Å². The van der Waals surface area contributed by atoms with Crippen molar-refractivity contribution in [2.45, 2.75) is 13.8 Å². The van der Waals surface area contributed by atoms with E-state index in [4.69, 9.17) is 15.6 Å². The number of rotatable bonds is 4. The Balaban J connectivity index is 3.75. The Morgan fingerprint density at radius 2 is 2.20 bits per heavy atom. The van der Waals surface area contributed by atoms with Gasteiger partial charge in [-0.1, -0.05) is 0 Å². The molecule has 0 atom stereocenters. The fourth-order valence-corrected chi connectivity index (χ4v) is 0.376. The number of ether oxygens (including phenoxy) is 1. The fraction of sp³-hybridized carbons (Fsp3) is 0.833. The number of carboxylic acid groups (broad SMARTS) is 1. The second-order valence-electron chi connectivity index (χ2n) is 2.70. The lowest BCUT2D eigenvalue weighted by atomic mass is 9.95. The van der Waals surface area contributed by atoms with Crippen molar-refractivity contribution < 1.29 is 14.6 Å². The van der Waals surface area contributed by atoms with Crippen LogP contribution in [0.3, 0.4) is 0 Å². The Morgan fingerprint density at radius 1 is 1.70 bits per heavy atom. The summed E-state index contributed by atoms with van der Waals surface area (Å²) in [5, 5.41) is 8.55. The molecule has 0 heterocycles. The van der Waals surface area contributed by atoms with E-state index in [1.54, 1.807) is 13.8 Å². The molecule has 0 fully saturated rings. The average molecular weight is 147 g/mol. The van der Waals surface area contributed by atoms with Gasteiger partial charge in [-0.05, 0) is 13.8 Å². The molecule has 0 saturated carbocycles. The Morgan fingerprint density at radius 3 is 2.50 bits per heavy atom. The van der Waals surface area contributed by atoms with Gasteiger partial charge in [0.25, 0.3) is 0 Å². The summed E-state index contributed by atoms with van der Waals surface area (Å²) in [6.45, 7) is 3.39. The van der Waals surface area contributed by atoms with Gasteiger partial charge in [0, 0.05) is 0 Å². The smallest absolute Gasteiger partial charge is 0.311 e. The van der Waals surface area contributed by atoms with Crippen LogP contribution >= 0.6 is 0 Å². The third kappa shape index (κ3) is 2.80. The van der Waals surface area contributed by atoms with E-state index in [-0.39, 0.29) is 13.3 Å². The summed E-state index contributed by atoms with van der Waals surface area (Å²) in [6.07, 6.45) is 0. The molecule has 0 rings (SSSR count). The van der Waals surface area contributed by atoms with E-state index in [1.165, 1.54) is 0 Å². The third-order valence-corrected chi connectivity index (χ3v) is 1.16. The van der Waals surface area contributed by atoms with Crippen LogP contribution in [-0.2, 0) is 9.53 Å². The van der Waals surface area contributed by atoms with E-state index in [9.17, 15) is 4.79 Å². The van der Waals surface area contributed by atoms with Crippen molar-refractivity contribution >= 4 is 5.97 Å². The van der Waals surface area contributed by atoms with Gasteiger partial charge in [0.05, 0.1) is 18.8 Å². The molecule has 0 aromatic heterocycles. The fourth-order valence-electron chi connectivity index (χ4n) is 0.376. The van der Waals surface area contributed by atoms with Crippen molar-refractivity contribution in [3.05, 3.63) is 0 Å². The molecular weight excluding hydrogens is 134 g/mol. The zero-order valence-electron chi connectivity index (χ0n) is 6.26. The van der Waals surface area contributed by atoms with E-state index < -0.39 is 11.4 Å². The van der Waals surface area contributed by atoms with Crippen LogP contribution in [0.25, 0.3) is 0 Å². The van der Waals surface area contributed by atoms with Crippen molar-refractivity contribution in [3.8, 4) is 0 Å². The van der Waals surface area contributed by atoms with Crippen LogP contribution in [0.5, 0.6) is 0 Å². The van der Waals surface area contributed by atoms with Crippen LogP contribution < -0.4 is 5.73 Å². The van der Waals surface area contributed by atoms with Crippen LogP contribution in [-0.4, -0.2) is 24.4 Å². The van der Waals surface area contributed by atoms with Crippen LogP contribution in [0.2, 0.25) is 0 Å². The Kier molecular flexibility index (Phi) is 3.32. The molecule has 0 unspecified atom stereocenters. The minimum absolute atomic E-state index is 0.0662. The number of aliphatic carboxylic acids is 1. The van der Waals surface area contributed by atoms with Crippen LogP contribution in [0.15, 0.2) is 0 Å². The highest BCUT2D eigenvalue weighted by atomic mass is 16.5. The monoisotopic (exact) mass is 147 g/mol. The van der Waals surface area contributed by atoms with Crippen molar-refractivity contribution in [1.29, 1.82) is 0 Å². The van der Waals surface area contributed by atoms with E-state index >= 15 is 0 Å². The van der Waals surface area contributed by atoms with Crippen LogP contribution in [0.1, 0.15) is 13.8 Å². The minimum Gasteiger partial charge on any atom is -0.481 e. The number of hydrogen-bond donors (Lipinski definition) is 2. The summed E-state index contributed by atoms with van der Waals surface area (Å²) in [6, 6.07) is 0. The number of hydrogen-bond acceptors (Lipinski definition) is 3. The van der Waals surface area contributed by atoms with Gasteiger partial charge in [-0.15, -0.1) is 0 Å². The summed E-state index contributed by atoms with van der Waals surface area (Å²) >= 11 is 0. The molecule has 0 aliphatic carbocycles. The van der Waals surface area contributed by atoms with Crippen molar-refractivity contribution in [3.63, 3.8) is 0 Å². The first-order valence-electron chi connectivity index (χ1n) is 3.02. The van der Waals surface area contributed by atoms with Crippen LogP contribution in [0, 0.1) is 5.41 Å². The lowest BCUT2D eigenvalue weighted by Gasteiger charge is -2.17. The highest BCUT2D eigenvalue weighted by Crippen LogP contribution is 2.14. The van der Waals surface area contributed by atoms with Gasteiger partial charge in [-0.25, -0.2) is 0 Å². The lowest BCUT2D eigenvalue weighted by molar-refractivity contribution is -0.150. The molecule has 0 saturated heterocycles. The molecule has 0 bridgehead atoms. The molecule has 0 aliphatic heterocycles. The Bertz CT molecular complexity index is 122. The van der Waals surface area contributed by atoms with E-state index in [0.29, 0.717) is 0 Å². The largest absolute Gasteiger partial charge is 0.481 e. The average Bonchev–Trinajstić information content (AvgIpc) is 1.84. The minimum atomic E-state index is -0.874. The van der Waals surface area contributed by atoms with E-state index in [1.807, 2.05) is 0 Å². The van der Waals surface area contributed by atoms with Crippen molar-refractivity contribution in [2.75, 3.05) is 13.3 Å². The molecule has 60 valence electrons. The zero-order chi connectivity index (χ0) is 8.20. The molecule has 3 N–H and O–H groups in total. The third-order valence-electron chi connectivity index (χ3n) is 1.16.